The molecule has 0 radical (unpaired) electrons. The average molecular weight is 216 g/mol. The molecule has 0 amide bonds. The van der Waals surface area contributed by atoms with E-state index >= 15 is 0 Å². The lowest BCUT2D eigenvalue weighted by Crippen LogP contribution is -2.24. The van der Waals surface area contributed by atoms with Crippen molar-refractivity contribution in [1.29, 1.82) is 0 Å². The molecular weight excluding hydrogens is 200 g/mol. The second-order valence-electron chi connectivity index (χ2n) is 4.32. The summed E-state index contributed by atoms with van der Waals surface area (Å²) < 4.78 is 0. The Kier molecular flexibility index (Phi) is 2.50. The van der Waals surface area contributed by atoms with Crippen molar-refractivity contribution in [3.63, 3.8) is 0 Å². The van der Waals surface area contributed by atoms with Gasteiger partial charge in [-0.15, -0.1) is 0 Å². The molecule has 1 unspecified atom stereocenters. The van der Waals surface area contributed by atoms with E-state index in [-0.39, 0.29) is 0 Å². The monoisotopic (exact) mass is 216 g/mol. The van der Waals surface area contributed by atoms with Gasteiger partial charge in [-0.3, -0.25) is 0 Å². The second kappa shape index (κ2) is 4.14. The van der Waals surface area contributed by atoms with E-state index in [4.69, 9.17) is 0 Å². The van der Waals surface area contributed by atoms with Crippen molar-refractivity contribution < 1.29 is 0 Å². The summed E-state index contributed by atoms with van der Waals surface area (Å²) in [4.78, 5) is 11.0. The molecule has 4 heteroatoms. The SMILES string of the molecule is c1c[nH]c(-c2cnc(CC3CCCN3)[nH]2)c1. The maximum Gasteiger partial charge on any atom is 0.108 e. The number of nitrogens with zero attached hydrogens (tertiary/aromatic N) is 1. The van der Waals surface area contributed by atoms with Gasteiger partial charge in [0.25, 0.3) is 0 Å². The third-order valence-electron chi connectivity index (χ3n) is 3.12. The van der Waals surface area contributed by atoms with E-state index in [0.29, 0.717) is 6.04 Å². The van der Waals surface area contributed by atoms with E-state index in [0.717, 1.165) is 30.2 Å². The first-order valence-corrected chi connectivity index (χ1v) is 5.83. The lowest BCUT2D eigenvalue weighted by molar-refractivity contribution is 0.589. The molecule has 1 atom stereocenters. The summed E-state index contributed by atoms with van der Waals surface area (Å²) in [6.45, 7) is 1.15. The summed E-state index contributed by atoms with van der Waals surface area (Å²) in [6, 6.07) is 4.64. The summed E-state index contributed by atoms with van der Waals surface area (Å²) in [6.07, 6.45) is 7.37. The second-order valence-corrected chi connectivity index (χ2v) is 4.32. The van der Waals surface area contributed by atoms with Crippen LogP contribution in [0.2, 0.25) is 0 Å². The smallest absolute Gasteiger partial charge is 0.108 e. The van der Waals surface area contributed by atoms with Crippen LogP contribution in [-0.4, -0.2) is 27.5 Å². The number of nitrogens with one attached hydrogen (secondary N) is 3. The van der Waals surface area contributed by atoms with Gasteiger partial charge in [0.05, 0.1) is 17.6 Å². The van der Waals surface area contributed by atoms with Gasteiger partial charge in [0, 0.05) is 18.7 Å². The number of hydrogen-bond donors (Lipinski definition) is 3. The van der Waals surface area contributed by atoms with Gasteiger partial charge in [0.1, 0.15) is 5.82 Å². The third kappa shape index (κ3) is 1.88. The highest BCUT2D eigenvalue weighted by molar-refractivity contribution is 5.53. The molecule has 0 aromatic carbocycles. The largest absolute Gasteiger partial charge is 0.360 e. The summed E-state index contributed by atoms with van der Waals surface area (Å²) in [5.74, 6) is 1.07. The highest BCUT2D eigenvalue weighted by atomic mass is 15.0. The molecular formula is C12H16N4. The van der Waals surface area contributed by atoms with Crippen LogP contribution in [0.15, 0.2) is 24.5 Å². The normalized spacial score (nSPS) is 20.4. The third-order valence-corrected chi connectivity index (χ3v) is 3.12. The van der Waals surface area contributed by atoms with Gasteiger partial charge in [0.15, 0.2) is 0 Å². The topological polar surface area (TPSA) is 56.5 Å². The minimum atomic E-state index is 0.600. The van der Waals surface area contributed by atoms with Crippen LogP contribution in [0.5, 0.6) is 0 Å². The summed E-state index contributed by atoms with van der Waals surface area (Å²) in [5, 5.41) is 3.48. The van der Waals surface area contributed by atoms with Crippen LogP contribution >= 0.6 is 0 Å². The van der Waals surface area contributed by atoms with Crippen molar-refractivity contribution in [2.45, 2.75) is 25.3 Å². The van der Waals surface area contributed by atoms with Gasteiger partial charge < -0.3 is 15.3 Å². The molecule has 4 nitrogen and oxygen atoms in total. The zero-order valence-electron chi connectivity index (χ0n) is 9.16. The Bertz CT molecular complexity index is 437. The van der Waals surface area contributed by atoms with Crippen molar-refractivity contribution in [3.8, 4) is 11.4 Å². The van der Waals surface area contributed by atoms with Crippen molar-refractivity contribution >= 4 is 0 Å². The first-order valence-electron chi connectivity index (χ1n) is 5.83. The molecule has 3 rings (SSSR count). The van der Waals surface area contributed by atoms with Crippen LogP contribution in [0.4, 0.5) is 0 Å². The maximum absolute atomic E-state index is 4.42. The van der Waals surface area contributed by atoms with Crippen LogP contribution in [0.1, 0.15) is 18.7 Å². The first-order chi connectivity index (χ1) is 7.92. The van der Waals surface area contributed by atoms with Crippen LogP contribution in [0, 0.1) is 0 Å². The molecule has 84 valence electrons. The lowest BCUT2D eigenvalue weighted by atomic mass is 10.1. The molecule has 2 aromatic rings. The highest BCUT2D eigenvalue weighted by Gasteiger charge is 2.16. The summed E-state index contributed by atoms with van der Waals surface area (Å²) >= 11 is 0. The Hall–Kier alpha value is -1.55. The van der Waals surface area contributed by atoms with Crippen molar-refractivity contribution in [2.24, 2.45) is 0 Å². The molecule has 16 heavy (non-hydrogen) atoms. The van der Waals surface area contributed by atoms with E-state index in [1.54, 1.807) is 0 Å². The summed E-state index contributed by atoms with van der Waals surface area (Å²) in [5.41, 5.74) is 2.16. The zero-order chi connectivity index (χ0) is 10.8. The van der Waals surface area contributed by atoms with E-state index in [9.17, 15) is 0 Å². The highest BCUT2D eigenvalue weighted by Crippen LogP contribution is 2.16. The van der Waals surface area contributed by atoms with Gasteiger partial charge in [-0.05, 0) is 31.5 Å². The number of aromatic amines is 2. The van der Waals surface area contributed by atoms with Crippen LogP contribution in [0.3, 0.4) is 0 Å². The van der Waals surface area contributed by atoms with Gasteiger partial charge >= 0.3 is 0 Å². The number of rotatable bonds is 3. The van der Waals surface area contributed by atoms with E-state index in [2.05, 4.69) is 20.3 Å². The zero-order valence-corrected chi connectivity index (χ0v) is 9.16. The average Bonchev–Trinajstić information content (AvgIpc) is 2.99. The van der Waals surface area contributed by atoms with Crippen molar-refractivity contribution in [1.82, 2.24) is 20.3 Å². The van der Waals surface area contributed by atoms with E-state index in [1.807, 2.05) is 24.5 Å². The fourth-order valence-electron chi connectivity index (χ4n) is 2.27. The molecule has 0 spiro atoms. The molecule has 1 aliphatic rings. The fraction of sp³-hybridized carbons (Fsp3) is 0.417. The first kappa shape index (κ1) is 9.66. The molecule has 1 fully saturated rings. The molecule has 0 bridgehead atoms. The number of hydrogen-bond acceptors (Lipinski definition) is 2. The van der Waals surface area contributed by atoms with Crippen molar-refractivity contribution in [3.05, 3.63) is 30.4 Å². The Balaban J connectivity index is 1.72. The maximum atomic E-state index is 4.42. The van der Waals surface area contributed by atoms with Gasteiger partial charge in [-0.2, -0.15) is 0 Å². The number of H-pyrrole nitrogens is 2. The van der Waals surface area contributed by atoms with Crippen LogP contribution < -0.4 is 5.32 Å². The minimum absolute atomic E-state index is 0.600. The van der Waals surface area contributed by atoms with Gasteiger partial charge in [-0.25, -0.2) is 4.98 Å². The molecule has 2 aromatic heterocycles. The standard InChI is InChI=1S/C12H16N4/c1-3-9(13-5-1)7-12-15-8-11(16-12)10-4-2-6-14-10/h2,4,6,8-9,13-14H,1,3,5,7H2,(H,15,16). The molecule has 0 saturated carbocycles. The quantitative estimate of drug-likeness (QED) is 0.731. The molecule has 1 aliphatic heterocycles. The fourth-order valence-corrected chi connectivity index (χ4v) is 2.27. The lowest BCUT2D eigenvalue weighted by Gasteiger charge is -2.06. The van der Waals surface area contributed by atoms with E-state index < -0.39 is 0 Å². The molecule has 3 N–H and O–H groups in total. The van der Waals surface area contributed by atoms with Crippen LogP contribution in [0.25, 0.3) is 11.4 Å². The molecule has 3 heterocycles. The minimum Gasteiger partial charge on any atom is -0.360 e. The Labute approximate surface area is 94.5 Å². The summed E-state index contributed by atoms with van der Waals surface area (Å²) in [7, 11) is 0. The molecule has 0 aliphatic carbocycles. The number of imidazole rings is 1. The van der Waals surface area contributed by atoms with Gasteiger partial charge in [0.2, 0.25) is 0 Å². The predicted molar refractivity (Wildman–Crippen MR) is 63.1 cm³/mol. The Morgan fingerprint density at radius 3 is 3.12 bits per heavy atom. The van der Waals surface area contributed by atoms with Crippen LogP contribution in [-0.2, 0) is 6.42 Å². The predicted octanol–water partition coefficient (Wildman–Crippen LogP) is 1.70. The van der Waals surface area contributed by atoms with E-state index in [1.165, 1.54) is 12.8 Å². The molecule has 1 saturated heterocycles. The Morgan fingerprint density at radius 2 is 2.38 bits per heavy atom. The Morgan fingerprint density at radius 1 is 1.38 bits per heavy atom. The van der Waals surface area contributed by atoms with Crippen molar-refractivity contribution in [2.75, 3.05) is 6.54 Å². The number of aromatic nitrogens is 3. The van der Waals surface area contributed by atoms with Gasteiger partial charge in [-0.1, -0.05) is 0 Å².